The van der Waals surface area contributed by atoms with Crippen LogP contribution in [0.3, 0.4) is 0 Å². The minimum Gasteiger partial charge on any atom is -0.324 e. The van der Waals surface area contributed by atoms with Crippen molar-refractivity contribution >= 4 is 17.8 Å². The van der Waals surface area contributed by atoms with E-state index in [1.165, 1.54) is 19.2 Å². The molecule has 1 aromatic heterocycles. The predicted octanol–water partition coefficient (Wildman–Crippen LogP) is 1.50. The number of rotatable bonds is 3. The topological polar surface area (TPSA) is 74.3 Å². The van der Waals surface area contributed by atoms with Crippen LogP contribution in [0.25, 0.3) is 0 Å². The molecule has 0 aromatic carbocycles. The lowest BCUT2D eigenvalue weighted by Crippen LogP contribution is -2.40. The molecule has 2 heterocycles. The molecule has 2 N–H and O–H groups in total. The summed E-state index contributed by atoms with van der Waals surface area (Å²) in [5.41, 5.74) is 0.576. The molecule has 0 unspecified atom stereocenters. The van der Waals surface area contributed by atoms with Gasteiger partial charge in [0.25, 0.3) is 0 Å². The van der Waals surface area contributed by atoms with Gasteiger partial charge in [0.2, 0.25) is 5.91 Å². The van der Waals surface area contributed by atoms with Gasteiger partial charge >= 0.3 is 12.2 Å². The number of anilines is 1. The Morgan fingerprint density at radius 1 is 1.57 bits per heavy atom. The van der Waals surface area contributed by atoms with Gasteiger partial charge in [0.05, 0.1) is 6.54 Å². The summed E-state index contributed by atoms with van der Waals surface area (Å²) in [7, 11) is 0. The summed E-state index contributed by atoms with van der Waals surface area (Å²) in [6, 6.07) is 0.451. The van der Waals surface area contributed by atoms with Crippen molar-refractivity contribution in [1.82, 2.24) is 15.2 Å². The maximum Gasteiger partial charge on any atom is 0.410 e. The first kappa shape index (κ1) is 15.1. The molecule has 3 amide bonds. The number of hydrogen-bond donors (Lipinski definition) is 2. The second-order valence-electron chi connectivity index (χ2n) is 4.65. The van der Waals surface area contributed by atoms with Gasteiger partial charge in [-0.3, -0.25) is 4.79 Å². The molecule has 1 aliphatic rings. The minimum atomic E-state index is -4.47. The molecule has 1 fully saturated rings. The Bertz CT molecular complexity index is 562. The van der Waals surface area contributed by atoms with Gasteiger partial charge in [-0.2, -0.15) is 13.2 Å². The second-order valence-corrected chi connectivity index (χ2v) is 4.65. The van der Waals surface area contributed by atoms with Gasteiger partial charge in [0, 0.05) is 19.7 Å². The van der Waals surface area contributed by atoms with E-state index in [4.69, 9.17) is 0 Å². The number of hydrogen-bond acceptors (Lipinski definition) is 3. The van der Waals surface area contributed by atoms with E-state index in [1.807, 2.05) is 5.32 Å². The molecule has 114 valence electrons. The van der Waals surface area contributed by atoms with Gasteiger partial charge in [0.1, 0.15) is 11.9 Å². The number of carbonyl (C=O) groups excluding carboxylic acids is 2. The number of urea groups is 1. The Kier molecular flexibility index (Phi) is 4.01. The number of pyridine rings is 1. The van der Waals surface area contributed by atoms with Crippen LogP contribution in [0.2, 0.25) is 0 Å². The van der Waals surface area contributed by atoms with Crippen molar-refractivity contribution in [2.45, 2.75) is 25.7 Å². The Morgan fingerprint density at radius 2 is 2.29 bits per heavy atom. The summed E-state index contributed by atoms with van der Waals surface area (Å²) >= 11 is 0. The third kappa shape index (κ3) is 3.83. The molecule has 1 saturated heterocycles. The molecule has 6 nitrogen and oxygen atoms in total. The van der Waals surface area contributed by atoms with Gasteiger partial charge in [-0.05, 0) is 17.7 Å². The highest BCUT2D eigenvalue weighted by molar-refractivity contribution is 5.87. The van der Waals surface area contributed by atoms with Crippen LogP contribution >= 0.6 is 0 Å². The van der Waals surface area contributed by atoms with Crippen LogP contribution in [-0.4, -0.2) is 40.6 Å². The summed E-state index contributed by atoms with van der Waals surface area (Å²) in [6.07, 6.45) is -3.06. The average molecular weight is 302 g/mol. The van der Waals surface area contributed by atoms with Gasteiger partial charge in [0.15, 0.2) is 0 Å². The second kappa shape index (κ2) is 5.58. The third-order valence-electron chi connectivity index (χ3n) is 2.88. The van der Waals surface area contributed by atoms with Crippen molar-refractivity contribution in [2.24, 2.45) is 0 Å². The Labute approximate surface area is 118 Å². The van der Waals surface area contributed by atoms with Crippen LogP contribution in [-0.2, 0) is 11.3 Å². The quantitative estimate of drug-likeness (QED) is 0.888. The maximum atomic E-state index is 12.6. The first-order valence-corrected chi connectivity index (χ1v) is 6.10. The van der Waals surface area contributed by atoms with Gasteiger partial charge < -0.3 is 15.5 Å². The zero-order valence-corrected chi connectivity index (χ0v) is 11.1. The fourth-order valence-corrected chi connectivity index (χ4v) is 1.95. The molecule has 1 atom stereocenters. The highest BCUT2D eigenvalue weighted by Crippen LogP contribution is 2.25. The lowest BCUT2D eigenvalue weighted by molar-refractivity contribution is -0.149. The van der Waals surface area contributed by atoms with Gasteiger partial charge in [-0.1, -0.05) is 0 Å². The molecule has 1 aliphatic heterocycles. The summed E-state index contributed by atoms with van der Waals surface area (Å²) in [6.45, 7) is 0.879. The lowest BCUT2D eigenvalue weighted by atomic mass is 10.2. The smallest absolute Gasteiger partial charge is 0.324 e. The first-order valence-electron chi connectivity index (χ1n) is 6.10. The maximum absolute atomic E-state index is 12.6. The van der Waals surface area contributed by atoms with Crippen molar-refractivity contribution in [1.29, 1.82) is 0 Å². The molecule has 2 rings (SSSR count). The van der Waals surface area contributed by atoms with E-state index in [2.05, 4.69) is 10.3 Å². The van der Waals surface area contributed by atoms with Gasteiger partial charge in [-0.25, -0.2) is 9.78 Å². The van der Waals surface area contributed by atoms with E-state index in [0.29, 0.717) is 5.56 Å². The van der Waals surface area contributed by atoms with E-state index in [0.717, 1.165) is 4.90 Å². The minimum absolute atomic E-state index is 0.00746. The summed E-state index contributed by atoms with van der Waals surface area (Å²) < 4.78 is 37.7. The molecule has 0 bridgehead atoms. The van der Waals surface area contributed by atoms with E-state index in [1.54, 1.807) is 6.07 Å². The molecule has 0 saturated carbocycles. The summed E-state index contributed by atoms with van der Waals surface area (Å²) in [5.74, 6) is -0.0253. The van der Waals surface area contributed by atoms with Crippen LogP contribution in [0.4, 0.5) is 23.8 Å². The molecule has 0 radical (unpaired) electrons. The van der Waals surface area contributed by atoms with Crippen molar-refractivity contribution in [3.8, 4) is 0 Å². The van der Waals surface area contributed by atoms with Crippen LogP contribution < -0.4 is 10.6 Å². The van der Waals surface area contributed by atoms with Crippen molar-refractivity contribution in [3.63, 3.8) is 0 Å². The number of halogens is 3. The Morgan fingerprint density at radius 3 is 2.86 bits per heavy atom. The standard InChI is InChI=1S/C12H13F3N4O2/c1-7(20)17-10-4-8(2-3-16-10)5-19-6-9(12(13,14)15)18-11(19)21/h2-4,9H,5-6H2,1H3,(H,18,21)(H,16,17,20)/t9-/m0/s1. The van der Waals surface area contributed by atoms with E-state index < -0.39 is 24.8 Å². The van der Waals surface area contributed by atoms with Crippen LogP contribution in [0.15, 0.2) is 18.3 Å². The van der Waals surface area contributed by atoms with E-state index >= 15 is 0 Å². The Balaban J connectivity index is 2.05. The summed E-state index contributed by atoms with van der Waals surface area (Å²) in [5, 5.41) is 4.35. The van der Waals surface area contributed by atoms with Crippen LogP contribution in [0.1, 0.15) is 12.5 Å². The number of alkyl halides is 3. The number of carbonyl (C=O) groups is 2. The van der Waals surface area contributed by atoms with Crippen molar-refractivity contribution < 1.29 is 22.8 Å². The SMILES string of the molecule is CC(=O)Nc1cc(CN2C[C@@H](C(F)(F)F)NC2=O)ccn1. The zero-order valence-electron chi connectivity index (χ0n) is 11.1. The molecule has 9 heteroatoms. The fraction of sp³-hybridized carbons (Fsp3) is 0.417. The first-order chi connectivity index (χ1) is 9.75. The van der Waals surface area contributed by atoms with Crippen molar-refractivity contribution in [2.75, 3.05) is 11.9 Å². The average Bonchev–Trinajstić information content (AvgIpc) is 2.70. The highest BCUT2D eigenvalue weighted by Gasteiger charge is 2.46. The van der Waals surface area contributed by atoms with Crippen LogP contribution in [0, 0.1) is 0 Å². The van der Waals surface area contributed by atoms with Gasteiger partial charge in [-0.15, -0.1) is 0 Å². The van der Waals surface area contributed by atoms with Crippen LogP contribution in [0.5, 0.6) is 0 Å². The number of aromatic nitrogens is 1. The number of nitrogens with one attached hydrogen (secondary N) is 2. The Hall–Kier alpha value is -2.32. The van der Waals surface area contributed by atoms with E-state index in [-0.39, 0.29) is 18.3 Å². The monoisotopic (exact) mass is 302 g/mol. The highest BCUT2D eigenvalue weighted by atomic mass is 19.4. The zero-order chi connectivity index (χ0) is 15.6. The van der Waals surface area contributed by atoms with Crippen molar-refractivity contribution in [3.05, 3.63) is 23.9 Å². The summed E-state index contributed by atoms with van der Waals surface area (Å²) in [4.78, 5) is 27.4. The lowest BCUT2D eigenvalue weighted by Gasteiger charge is -2.16. The molecular weight excluding hydrogens is 289 g/mol. The molecule has 21 heavy (non-hydrogen) atoms. The fourth-order valence-electron chi connectivity index (χ4n) is 1.95. The third-order valence-corrected chi connectivity index (χ3v) is 2.88. The molecule has 0 aliphatic carbocycles. The molecule has 0 spiro atoms. The normalized spacial score (nSPS) is 18.6. The predicted molar refractivity (Wildman–Crippen MR) is 67.3 cm³/mol. The molecule has 1 aromatic rings. The number of nitrogens with zero attached hydrogens (tertiary/aromatic N) is 2. The van der Waals surface area contributed by atoms with E-state index in [9.17, 15) is 22.8 Å². The molecular formula is C12H13F3N4O2. The largest absolute Gasteiger partial charge is 0.410 e. The number of amides is 3.